The molecule has 16 heavy (non-hydrogen) atoms. The van der Waals surface area contributed by atoms with Gasteiger partial charge in [0.1, 0.15) is 0 Å². The lowest BCUT2D eigenvalue weighted by Gasteiger charge is -2.34. The van der Waals surface area contributed by atoms with Crippen molar-refractivity contribution in [2.45, 2.75) is 13.3 Å². The lowest BCUT2D eigenvalue weighted by atomic mass is 10.2. The van der Waals surface area contributed by atoms with Crippen molar-refractivity contribution in [2.24, 2.45) is 0 Å². The summed E-state index contributed by atoms with van der Waals surface area (Å²) in [5, 5.41) is 0. The van der Waals surface area contributed by atoms with Gasteiger partial charge in [0.25, 0.3) is 0 Å². The second kappa shape index (κ2) is 4.07. The Morgan fingerprint density at radius 3 is 2.56 bits per heavy atom. The molecule has 0 bridgehead atoms. The standard InChI is InChI=1S/C11H16N2O2S/c1-10-6-3-4-7-11(10)13-9-5-8-12(2)16(13,14)15/h3-4,6-7H,5,8-9H2,1-2H3. The first kappa shape index (κ1) is 11.4. The van der Waals surface area contributed by atoms with Gasteiger partial charge in [-0.05, 0) is 25.0 Å². The zero-order chi connectivity index (χ0) is 11.8. The lowest BCUT2D eigenvalue weighted by molar-refractivity contribution is 0.438. The van der Waals surface area contributed by atoms with E-state index in [1.54, 1.807) is 7.05 Å². The van der Waals surface area contributed by atoms with Crippen molar-refractivity contribution in [3.63, 3.8) is 0 Å². The first-order valence-electron chi connectivity index (χ1n) is 5.33. The highest BCUT2D eigenvalue weighted by Crippen LogP contribution is 2.26. The van der Waals surface area contributed by atoms with E-state index >= 15 is 0 Å². The van der Waals surface area contributed by atoms with Crippen LogP contribution in [0.1, 0.15) is 12.0 Å². The number of aryl methyl sites for hydroxylation is 1. The topological polar surface area (TPSA) is 40.6 Å². The van der Waals surface area contributed by atoms with E-state index < -0.39 is 10.2 Å². The zero-order valence-electron chi connectivity index (χ0n) is 9.55. The van der Waals surface area contributed by atoms with Gasteiger partial charge < -0.3 is 0 Å². The lowest BCUT2D eigenvalue weighted by Crippen LogP contribution is -2.48. The van der Waals surface area contributed by atoms with Crippen molar-refractivity contribution in [1.82, 2.24) is 4.31 Å². The van der Waals surface area contributed by atoms with Gasteiger partial charge in [-0.25, -0.2) is 0 Å². The quantitative estimate of drug-likeness (QED) is 0.744. The van der Waals surface area contributed by atoms with Gasteiger partial charge in [-0.15, -0.1) is 0 Å². The number of benzene rings is 1. The molecule has 1 heterocycles. The van der Waals surface area contributed by atoms with Crippen LogP contribution >= 0.6 is 0 Å². The predicted molar refractivity (Wildman–Crippen MR) is 64.7 cm³/mol. The maximum Gasteiger partial charge on any atom is 0.303 e. The highest BCUT2D eigenvalue weighted by molar-refractivity contribution is 7.90. The average molecular weight is 240 g/mol. The molecule has 0 aromatic heterocycles. The molecule has 0 N–H and O–H groups in total. The summed E-state index contributed by atoms with van der Waals surface area (Å²) in [6.07, 6.45) is 0.865. The van der Waals surface area contributed by atoms with E-state index in [9.17, 15) is 8.42 Å². The highest BCUT2D eigenvalue weighted by atomic mass is 32.2. The molecule has 0 aliphatic carbocycles. The van der Waals surface area contributed by atoms with E-state index in [0.29, 0.717) is 13.1 Å². The zero-order valence-corrected chi connectivity index (χ0v) is 10.4. The minimum absolute atomic E-state index is 0.567. The third-order valence-electron chi connectivity index (χ3n) is 2.89. The summed E-state index contributed by atoms with van der Waals surface area (Å²) < 4.78 is 27.1. The molecule has 0 amide bonds. The van der Waals surface area contributed by atoms with Gasteiger partial charge >= 0.3 is 10.2 Å². The Hall–Kier alpha value is -1.07. The van der Waals surface area contributed by atoms with Crippen LogP contribution in [-0.4, -0.2) is 32.9 Å². The van der Waals surface area contributed by atoms with Gasteiger partial charge in [-0.1, -0.05) is 18.2 Å². The third kappa shape index (κ3) is 1.81. The van der Waals surface area contributed by atoms with Crippen LogP contribution in [-0.2, 0) is 10.2 Å². The monoisotopic (exact) mass is 240 g/mol. The van der Waals surface area contributed by atoms with Crippen LogP contribution in [0.25, 0.3) is 0 Å². The molecular weight excluding hydrogens is 224 g/mol. The normalized spacial score (nSPS) is 21.0. The molecule has 1 aliphatic rings. The summed E-state index contributed by atoms with van der Waals surface area (Å²) in [4.78, 5) is 0. The number of rotatable bonds is 1. The molecule has 1 saturated heterocycles. The first-order chi connectivity index (χ1) is 7.53. The molecule has 1 aromatic carbocycles. The van der Waals surface area contributed by atoms with Crippen LogP contribution in [0.2, 0.25) is 0 Å². The summed E-state index contributed by atoms with van der Waals surface area (Å²) in [5.74, 6) is 0. The molecule has 2 rings (SSSR count). The molecule has 5 heteroatoms. The van der Waals surface area contributed by atoms with E-state index in [1.807, 2.05) is 31.2 Å². The molecule has 0 atom stereocenters. The van der Waals surface area contributed by atoms with Crippen LogP contribution in [0, 0.1) is 6.92 Å². The number of nitrogens with zero attached hydrogens (tertiary/aromatic N) is 2. The van der Waals surface area contributed by atoms with E-state index in [-0.39, 0.29) is 0 Å². The Balaban J connectivity index is 2.45. The molecule has 88 valence electrons. The Labute approximate surface area is 96.7 Å². The SMILES string of the molecule is Cc1ccccc1N1CCCN(C)S1(=O)=O. The van der Waals surface area contributed by atoms with Crippen molar-refractivity contribution in [2.75, 3.05) is 24.4 Å². The Morgan fingerprint density at radius 1 is 1.19 bits per heavy atom. The maximum absolute atomic E-state index is 12.1. The summed E-state index contributed by atoms with van der Waals surface area (Å²) >= 11 is 0. The van der Waals surface area contributed by atoms with Crippen LogP contribution in [0.5, 0.6) is 0 Å². The van der Waals surface area contributed by atoms with Gasteiger partial charge in [0, 0.05) is 20.1 Å². The number of hydrogen-bond acceptors (Lipinski definition) is 2. The van der Waals surface area contributed by atoms with Crippen molar-refractivity contribution < 1.29 is 8.42 Å². The molecule has 0 radical (unpaired) electrons. The van der Waals surface area contributed by atoms with E-state index in [1.165, 1.54) is 8.61 Å². The molecule has 0 unspecified atom stereocenters. The van der Waals surface area contributed by atoms with Crippen molar-refractivity contribution in [3.8, 4) is 0 Å². The average Bonchev–Trinajstić information content (AvgIpc) is 2.24. The van der Waals surface area contributed by atoms with E-state index in [0.717, 1.165) is 17.7 Å². The minimum Gasteiger partial charge on any atom is -0.257 e. The van der Waals surface area contributed by atoms with Gasteiger partial charge in [0.05, 0.1) is 5.69 Å². The Bertz CT molecular complexity index is 485. The van der Waals surface area contributed by atoms with Crippen molar-refractivity contribution in [1.29, 1.82) is 0 Å². The molecule has 1 aliphatic heterocycles. The smallest absolute Gasteiger partial charge is 0.257 e. The second-order valence-electron chi connectivity index (χ2n) is 4.04. The Kier molecular flexibility index (Phi) is 2.90. The summed E-state index contributed by atoms with van der Waals surface area (Å²) in [6.45, 7) is 3.10. The van der Waals surface area contributed by atoms with E-state index in [4.69, 9.17) is 0 Å². The Morgan fingerprint density at radius 2 is 1.88 bits per heavy atom. The minimum atomic E-state index is -3.31. The fourth-order valence-electron chi connectivity index (χ4n) is 1.92. The number of anilines is 1. The molecule has 0 spiro atoms. The van der Waals surface area contributed by atoms with Gasteiger partial charge in [-0.3, -0.25) is 4.31 Å². The van der Waals surface area contributed by atoms with Crippen LogP contribution < -0.4 is 4.31 Å². The van der Waals surface area contributed by atoms with Crippen molar-refractivity contribution in [3.05, 3.63) is 29.8 Å². The van der Waals surface area contributed by atoms with Gasteiger partial charge in [0.15, 0.2) is 0 Å². The second-order valence-corrected chi connectivity index (χ2v) is 6.00. The van der Waals surface area contributed by atoms with Gasteiger partial charge in [0.2, 0.25) is 0 Å². The fourth-order valence-corrected chi connectivity index (χ4v) is 3.43. The molecule has 1 aromatic rings. The van der Waals surface area contributed by atoms with Crippen LogP contribution in [0.4, 0.5) is 5.69 Å². The van der Waals surface area contributed by atoms with Crippen molar-refractivity contribution >= 4 is 15.9 Å². The fraction of sp³-hybridized carbons (Fsp3) is 0.455. The maximum atomic E-state index is 12.1. The van der Waals surface area contributed by atoms with Gasteiger partial charge in [-0.2, -0.15) is 12.7 Å². The predicted octanol–water partition coefficient (Wildman–Crippen LogP) is 1.38. The van der Waals surface area contributed by atoms with Crippen LogP contribution in [0.3, 0.4) is 0 Å². The third-order valence-corrected chi connectivity index (χ3v) is 4.80. The summed E-state index contributed by atoms with van der Waals surface area (Å²) in [5.41, 5.74) is 1.77. The number of para-hydroxylation sites is 1. The highest BCUT2D eigenvalue weighted by Gasteiger charge is 2.31. The van der Waals surface area contributed by atoms with E-state index in [2.05, 4.69) is 0 Å². The summed E-state index contributed by atoms with van der Waals surface area (Å²) in [7, 11) is -1.69. The summed E-state index contributed by atoms with van der Waals surface area (Å²) in [6, 6.07) is 7.57. The van der Waals surface area contributed by atoms with Crippen LogP contribution in [0.15, 0.2) is 24.3 Å². The molecular formula is C11H16N2O2S. The first-order valence-corrected chi connectivity index (χ1v) is 6.73. The molecule has 0 saturated carbocycles. The largest absolute Gasteiger partial charge is 0.303 e. The number of hydrogen-bond donors (Lipinski definition) is 0. The molecule has 1 fully saturated rings. The molecule has 4 nitrogen and oxygen atoms in total.